The lowest BCUT2D eigenvalue weighted by molar-refractivity contribution is 0.0948. The van der Waals surface area contributed by atoms with Gasteiger partial charge in [-0.3, -0.25) is 9.78 Å². The maximum atomic E-state index is 11.8. The van der Waals surface area contributed by atoms with E-state index in [1.165, 1.54) is 12.1 Å². The lowest BCUT2D eigenvalue weighted by atomic mass is 10.1. The van der Waals surface area contributed by atoms with E-state index in [1.54, 1.807) is 18.5 Å². The Hall–Kier alpha value is -2.56. The Balaban J connectivity index is 2.04. The topological polar surface area (TPSA) is 82.5 Å². The van der Waals surface area contributed by atoms with E-state index >= 15 is 0 Å². The number of hydrogen-bond acceptors (Lipinski definition) is 4. The number of amides is 1. The minimum absolute atomic E-state index is 0.0868. The minimum Gasteiger partial charge on any atom is -0.508 e. The smallest absolute Gasteiger partial charge is 0.255 e. The van der Waals surface area contributed by atoms with Gasteiger partial charge in [-0.15, -0.1) is 0 Å². The highest BCUT2D eigenvalue weighted by atomic mass is 16.3. The number of hydrogen-bond donors (Lipinski definition) is 3. The number of nitrogens with zero attached hydrogens (tertiary/aromatic N) is 1. The molecule has 92 valence electrons. The number of phenolic OH excluding ortho intramolecular Hbond substituents is 2. The van der Waals surface area contributed by atoms with Gasteiger partial charge in [-0.2, -0.15) is 0 Å². The fraction of sp³-hybridized carbons (Fsp3) is 0.0769. The largest absolute Gasteiger partial charge is 0.508 e. The number of carbonyl (C=O) groups excluding carboxylic acids is 1. The predicted octanol–water partition coefficient (Wildman–Crippen LogP) is 1.42. The van der Waals surface area contributed by atoms with Crippen molar-refractivity contribution in [2.45, 2.75) is 6.54 Å². The first-order valence-electron chi connectivity index (χ1n) is 5.36. The molecule has 0 fully saturated rings. The monoisotopic (exact) mass is 244 g/mol. The Bertz CT molecular complexity index is 555. The number of rotatable bonds is 3. The van der Waals surface area contributed by atoms with E-state index in [2.05, 4.69) is 10.3 Å². The minimum atomic E-state index is -0.406. The second-order valence-corrected chi connectivity index (χ2v) is 3.75. The van der Waals surface area contributed by atoms with Crippen LogP contribution in [0.5, 0.6) is 11.5 Å². The lowest BCUT2D eigenvalue weighted by Crippen LogP contribution is -2.22. The van der Waals surface area contributed by atoms with Crippen LogP contribution < -0.4 is 5.32 Å². The number of pyridine rings is 1. The van der Waals surface area contributed by atoms with Crippen molar-refractivity contribution in [2.24, 2.45) is 0 Å². The summed E-state index contributed by atoms with van der Waals surface area (Å²) in [7, 11) is 0. The van der Waals surface area contributed by atoms with Gasteiger partial charge in [-0.25, -0.2) is 0 Å². The van der Waals surface area contributed by atoms with Crippen molar-refractivity contribution in [3.63, 3.8) is 0 Å². The Kier molecular flexibility index (Phi) is 3.43. The van der Waals surface area contributed by atoms with E-state index in [4.69, 9.17) is 5.11 Å². The number of benzene rings is 1. The van der Waals surface area contributed by atoms with Crippen molar-refractivity contribution in [1.29, 1.82) is 0 Å². The Labute approximate surface area is 104 Å². The normalized spacial score (nSPS) is 10.0. The first-order valence-corrected chi connectivity index (χ1v) is 5.36. The van der Waals surface area contributed by atoms with Gasteiger partial charge in [-0.1, -0.05) is 6.07 Å². The van der Waals surface area contributed by atoms with Crippen LogP contribution in [0.2, 0.25) is 0 Å². The second kappa shape index (κ2) is 5.18. The summed E-state index contributed by atoms with van der Waals surface area (Å²) in [6, 6.07) is 7.45. The molecule has 5 nitrogen and oxygen atoms in total. The van der Waals surface area contributed by atoms with Gasteiger partial charge in [0, 0.05) is 25.0 Å². The molecule has 18 heavy (non-hydrogen) atoms. The molecule has 2 aromatic rings. The van der Waals surface area contributed by atoms with Crippen LogP contribution in [0, 0.1) is 0 Å². The summed E-state index contributed by atoms with van der Waals surface area (Å²) >= 11 is 0. The van der Waals surface area contributed by atoms with Crippen LogP contribution in [-0.4, -0.2) is 21.1 Å². The van der Waals surface area contributed by atoms with E-state index < -0.39 is 5.91 Å². The van der Waals surface area contributed by atoms with E-state index in [0.29, 0.717) is 6.54 Å². The van der Waals surface area contributed by atoms with Crippen molar-refractivity contribution in [3.05, 3.63) is 53.9 Å². The highest BCUT2D eigenvalue weighted by molar-refractivity contribution is 5.96. The molecule has 0 radical (unpaired) electrons. The quantitative estimate of drug-likeness (QED) is 0.762. The number of nitrogens with one attached hydrogen (secondary N) is 1. The molecule has 0 aliphatic carbocycles. The van der Waals surface area contributed by atoms with Crippen LogP contribution in [0.4, 0.5) is 0 Å². The third kappa shape index (κ3) is 2.76. The molecule has 0 aliphatic heterocycles. The molecule has 1 aromatic carbocycles. The van der Waals surface area contributed by atoms with Crippen molar-refractivity contribution < 1.29 is 15.0 Å². The molecule has 0 saturated carbocycles. The molecule has 0 spiro atoms. The van der Waals surface area contributed by atoms with Gasteiger partial charge < -0.3 is 15.5 Å². The predicted molar refractivity (Wildman–Crippen MR) is 65.2 cm³/mol. The van der Waals surface area contributed by atoms with Crippen molar-refractivity contribution in [2.75, 3.05) is 0 Å². The van der Waals surface area contributed by atoms with Crippen LogP contribution in [0.3, 0.4) is 0 Å². The number of carbonyl (C=O) groups is 1. The van der Waals surface area contributed by atoms with Gasteiger partial charge in [-0.05, 0) is 23.8 Å². The molecule has 5 heteroatoms. The zero-order chi connectivity index (χ0) is 13.0. The van der Waals surface area contributed by atoms with Crippen LogP contribution in [0.1, 0.15) is 15.9 Å². The molecule has 1 aromatic heterocycles. The Morgan fingerprint density at radius 1 is 1.28 bits per heavy atom. The van der Waals surface area contributed by atoms with Gasteiger partial charge in [0.15, 0.2) is 0 Å². The zero-order valence-corrected chi connectivity index (χ0v) is 9.50. The summed E-state index contributed by atoms with van der Waals surface area (Å²) in [5.41, 5.74) is 0.987. The van der Waals surface area contributed by atoms with Crippen LogP contribution >= 0.6 is 0 Å². The molecule has 0 bridgehead atoms. The summed E-state index contributed by atoms with van der Waals surface area (Å²) in [5, 5.41) is 21.3. The molecular weight excluding hydrogens is 232 g/mol. The molecule has 1 heterocycles. The fourth-order valence-corrected chi connectivity index (χ4v) is 1.49. The maximum Gasteiger partial charge on any atom is 0.255 e. The van der Waals surface area contributed by atoms with Crippen LogP contribution in [-0.2, 0) is 6.54 Å². The molecule has 3 N–H and O–H groups in total. The summed E-state index contributed by atoms with van der Waals surface area (Å²) < 4.78 is 0. The molecule has 0 atom stereocenters. The average molecular weight is 244 g/mol. The van der Waals surface area contributed by atoms with E-state index in [9.17, 15) is 9.90 Å². The molecular formula is C13H12N2O3. The number of aromatic hydroxyl groups is 2. The summed E-state index contributed by atoms with van der Waals surface area (Å²) in [4.78, 5) is 15.7. The number of aromatic nitrogens is 1. The Morgan fingerprint density at radius 3 is 2.78 bits per heavy atom. The van der Waals surface area contributed by atoms with Crippen LogP contribution in [0.25, 0.3) is 0 Å². The molecule has 0 unspecified atom stereocenters. The SMILES string of the molecule is O=C(NCc1cccnc1)c1ccc(O)cc1O. The first-order chi connectivity index (χ1) is 8.66. The van der Waals surface area contributed by atoms with Gasteiger partial charge in [0.25, 0.3) is 5.91 Å². The fourth-order valence-electron chi connectivity index (χ4n) is 1.49. The van der Waals surface area contributed by atoms with Crippen molar-refractivity contribution in [1.82, 2.24) is 10.3 Å². The zero-order valence-electron chi connectivity index (χ0n) is 9.50. The molecule has 2 rings (SSSR count). The third-order valence-corrected chi connectivity index (χ3v) is 2.40. The van der Waals surface area contributed by atoms with Crippen LogP contribution in [0.15, 0.2) is 42.7 Å². The van der Waals surface area contributed by atoms with E-state index in [1.807, 2.05) is 6.07 Å². The van der Waals surface area contributed by atoms with Gasteiger partial charge in [0.1, 0.15) is 11.5 Å². The van der Waals surface area contributed by atoms with Gasteiger partial charge in [0.05, 0.1) is 5.56 Å². The Morgan fingerprint density at radius 2 is 2.11 bits per heavy atom. The first kappa shape index (κ1) is 11.9. The average Bonchev–Trinajstić information content (AvgIpc) is 2.37. The van der Waals surface area contributed by atoms with E-state index in [0.717, 1.165) is 11.6 Å². The molecule has 1 amide bonds. The highest BCUT2D eigenvalue weighted by Gasteiger charge is 2.10. The summed E-state index contributed by atoms with van der Waals surface area (Å²) in [6.07, 6.45) is 3.30. The number of phenols is 2. The summed E-state index contributed by atoms with van der Waals surface area (Å²) in [5.74, 6) is -0.744. The highest BCUT2D eigenvalue weighted by Crippen LogP contribution is 2.22. The molecule has 0 aliphatic rings. The summed E-state index contributed by atoms with van der Waals surface area (Å²) in [6.45, 7) is 0.326. The van der Waals surface area contributed by atoms with Gasteiger partial charge in [0.2, 0.25) is 0 Å². The second-order valence-electron chi connectivity index (χ2n) is 3.75. The van der Waals surface area contributed by atoms with Crippen molar-refractivity contribution in [3.8, 4) is 11.5 Å². The standard InChI is InChI=1S/C13H12N2O3/c16-10-3-4-11(12(17)6-10)13(18)15-8-9-2-1-5-14-7-9/h1-7,16-17H,8H2,(H,15,18). The molecule has 0 saturated heterocycles. The van der Waals surface area contributed by atoms with Gasteiger partial charge >= 0.3 is 0 Å². The van der Waals surface area contributed by atoms with E-state index in [-0.39, 0.29) is 17.1 Å². The van der Waals surface area contributed by atoms with Crippen molar-refractivity contribution >= 4 is 5.91 Å². The third-order valence-electron chi connectivity index (χ3n) is 2.40. The lowest BCUT2D eigenvalue weighted by Gasteiger charge is -2.06. The maximum absolute atomic E-state index is 11.8.